The normalized spacial score (nSPS) is 12.3. The molecule has 0 saturated heterocycles. The Kier molecular flexibility index (Phi) is 5.15. The molecule has 0 bridgehead atoms. The van der Waals surface area contributed by atoms with Gasteiger partial charge in [-0.1, -0.05) is 23.4 Å². The quantitative estimate of drug-likeness (QED) is 0.546. The first-order valence-corrected chi connectivity index (χ1v) is 8.86. The largest absolute Gasteiger partial charge is 0.467 e. The molecule has 8 heteroatoms. The fourth-order valence-electron chi connectivity index (χ4n) is 2.38. The van der Waals surface area contributed by atoms with Gasteiger partial charge in [-0.25, -0.2) is 4.98 Å². The molecule has 1 N–H and O–H groups in total. The fourth-order valence-corrected chi connectivity index (χ4v) is 3.51. The van der Waals surface area contributed by atoms with E-state index < -0.39 is 5.25 Å². The van der Waals surface area contributed by atoms with Crippen molar-refractivity contribution in [1.82, 2.24) is 14.9 Å². The summed E-state index contributed by atoms with van der Waals surface area (Å²) in [6, 6.07) is 8.50. The van der Waals surface area contributed by atoms with E-state index in [2.05, 4.69) is 10.3 Å². The zero-order valence-corrected chi connectivity index (χ0v) is 15.2. The number of aromatic nitrogens is 2. The number of hydrogen-bond acceptors (Lipinski definition) is 5. The van der Waals surface area contributed by atoms with Gasteiger partial charge in [0.05, 0.1) is 29.0 Å². The van der Waals surface area contributed by atoms with Crippen LogP contribution in [0.25, 0.3) is 10.9 Å². The van der Waals surface area contributed by atoms with Crippen LogP contribution in [0.15, 0.2) is 51.0 Å². The molecule has 6 nitrogen and oxygen atoms in total. The summed E-state index contributed by atoms with van der Waals surface area (Å²) in [6.45, 7) is 2.00. The van der Waals surface area contributed by atoms with Crippen LogP contribution in [0.2, 0.25) is 5.02 Å². The maximum Gasteiger partial charge on any atom is 0.262 e. The summed E-state index contributed by atoms with van der Waals surface area (Å²) in [6.07, 6.45) is 1.55. The van der Waals surface area contributed by atoms with Crippen molar-refractivity contribution in [1.29, 1.82) is 0 Å². The molecule has 2 aromatic heterocycles. The van der Waals surface area contributed by atoms with Crippen LogP contribution < -0.4 is 10.9 Å². The first kappa shape index (κ1) is 17.6. The third kappa shape index (κ3) is 3.72. The van der Waals surface area contributed by atoms with E-state index in [1.54, 1.807) is 50.6 Å². The molecular formula is C17H16ClN3O3S. The summed E-state index contributed by atoms with van der Waals surface area (Å²) in [4.78, 5) is 29.3. The van der Waals surface area contributed by atoms with E-state index in [1.807, 2.05) is 0 Å². The Balaban J connectivity index is 2.13. The minimum Gasteiger partial charge on any atom is -0.467 e. The molecule has 0 spiro atoms. The van der Waals surface area contributed by atoms with Gasteiger partial charge in [-0.2, -0.15) is 0 Å². The molecule has 130 valence electrons. The maximum atomic E-state index is 12.9. The Morgan fingerprint density at radius 3 is 2.92 bits per heavy atom. The van der Waals surface area contributed by atoms with Crippen LogP contribution in [-0.2, 0) is 11.3 Å². The Morgan fingerprint density at radius 2 is 2.24 bits per heavy atom. The van der Waals surface area contributed by atoms with Gasteiger partial charge >= 0.3 is 0 Å². The summed E-state index contributed by atoms with van der Waals surface area (Å²) < 4.78 is 6.87. The topological polar surface area (TPSA) is 77.1 Å². The predicted molar refractivity (Wildman–Crippen MR) is 98.2 cm³/mol. The summed E-state index contributed by atoms with van der Waals surface area (Å²) in [7, 11) is 1.57. The van der Waals surface area contributed by atoms with Crippen molar-refractivity contribution in [2.75, 3.05) is 7.05 Å². The van der Waals surface area contributed by atoms with Crippen molar-refractivity contribution in [2.45, 2.75) is 23.9 Å². The van der Waals surface area contributed by atoms with E-state index >= 15 is 0 Å². The van der Waals surface area contributed by atoms with Crippen molar-refractivity contribution in [2.24, 2.45) is 0 Å². The first-order valence-electron chi connectivity index (χ1n) is 7.60. The van der Waals surface area contributed by atoms with E-state index in [1.165, 1.54) is 16.3 Å². The Hall–Kier alpha value is -2.25. The number of carbonyl (C=O) groups is 1. The van der Waals surface area contributed by atoms with Crippen LogP contribution in [0.4, 0.5) is 0 Å². The second kappa shape index (κ2) is 7.33. The van der Waals surface area contributed by atoms with Crippen LogP contribution >= 0.6 is 23.4 Å². The molecule has 0 aliphatic heterocycles. The number of furan rings is 1. The zero-order valence-electron chi connectivity index (χ0n) is 13.7. The van der Waals surface area contributed by atoms with Gasteiger partial charge in [-0.05, 0) is 37.3 Å². The number of carbonyl (C=O) groups excluding carboxylic acids is 1. The van der Waals surface area contributed by atoms with Crippen LogP contribution in [0.1, 0.15) is 12.7 Å². The summed E-state index contributed by atoms with van der Waals surface area (Å²) in [5.41, 5.74) is 0.296. The Labute approximate surface area is 153 Å². The lowest BCUT2D eigenvalue weighted by Crippen LogP contribution is -2.29. The number of benzene rings is 1. The minimum absolute atomic E-state index is 0.144. The standard InChI is InChI=1S/C17H16ClN3O3S/c1-10(15(22)19-2)25-17-20-14-8-11(18)5-6-13(14)16(23)21(17)9-12-4-3-7-24-12/h3-8,10H,9H2,1-2H3,(H,19,22). The van der Waals surface area contributed by atoms with Crippen molar-refractivity contribution in [3.8, 4) is 0 Å². The molecule has 0 saturated carbocycles. The predicted octanol–water partition coefficient (Wildman–Crippen LogP) is 2.92. The smallest absolute Gasteiger partial charge is 0.262 e. The monoisotopic (exact) mass is 377 g/mol. The molecule has 0 aliphatic carbocycles. The average Bonchev–Trinajstić information content (AvgIpc) is 3.10. The van der Waals surface area contributed by atoms with Crippen LogP contribution in [0.5, 0.6) is 0 Å². The average molecular weight is 378 g/mol. The van der Waals surface area contributed by atoms with E-state index in [-0.39, 0.29) is 18.0 Å². The number of thioether (sulfide) groups is 1. The lowest BCUT2D eigenvalue weighted by Gasteiger charge is -2.15. The van der Waals surface area contributed by atoms with Crippen molar-refractivity contribution >= 4 is 40.2 Å². The molecule has 3 rings (SSSR count). The Bertz CT molecular complexity index is 969. The number of nitrogens with one attached hydrogen (secondary N) is 1. The maximum absolute atomic E-state index is 12.9. The molecule has 0 radical (unpaired) electrons. The lowest BCUT2D eigenvalue weighted by atomic mass is 10.2. The number of rotatable bonds is 5. The van der Waals surface area contributed by atoms with Crippen LogP contribution in [0.3, 0.4) is 0 Å². The highest BCUT2D eigenvalue weighted by Crippen LogP contribution is 2.24. The minimum atomic E-state index is -0.406. The number of amides is 1. The van der Waals surface area contributed by atoms with E-state index in [9.17, 15) is 9.59 Å². The fraction of sp³-hybridized carbons (Fsp3) is 0.235. The molecule has 25 heavy (non-hydrogen) atoms. The second-order valence-electron chi connectivity index (χ2n) is 5.40. The van der Waals surface area contributed by atoms with Gasteiger partial charge < -0.3 is 9.73 Å². The molecule has 1 aromatic carbocycles. The zero-order chi connectivity index (χ0) is 18.0. The second-order valence-corrected chi connectivity index (χ2v) is 7.15. The summed E-state index contributed by atoms with van der Waals surface area (Å²) in [5, 5.41) is 3.59. The molecule has 3 aromatic rings. The van der Waals surface area contributed by atoms with Gasteiger partial charge in [-0.15, -0.1) is 0 Å². The molecule has 1 unspecified atom stereocenters. The van der Waals surface area contributed by atoms with Gasteiger partial charge in [-0.3, -0.25) is 14.2 Å². The molecule has 1 atom stereocenters. The molecule has 1 amide bonds. The first-order chi connectivity index (χ1) is 12.0. The highest BCUT2D eigenvalue weighted by Gasteiger charge is 2.19. The number of nitrogens with zero attached hydrogens (tertiary/aromatic N) is 2. The van der Waals surface area contributed by atoms with Gasteiger partial charge in [0.1, 0.15) is 5.76 Å². The highest BCUT2D eigenvalue weighted by molar-refractivity contribution is 8.00. The van der Waals surface area contributed by atoms with Crippen molar-refractivity contribution < 1.29 is 9.21 Å². The van der Waals surface area contributed by atoms with E-state index in [0.717, 1.165) is 0 Å². The highest BCUT2D eigenvalue weighted by atomic mass is 35.5. The van der Waals surface area contributed by atoms with Gasteiger partial charge in [0, 0.05) is 12.1 Å². The molecular weight excluding hydrogens is 362 g/mol. The third-order valence-corrected chi connectivity index (χ3v) is 5.00. The Morgan fingerprint density at radius 1 is 1.44 bits per heavy atom. The van der Waals surface area contributed by atoms with E-state index in [0.29, 0.717) is 26.8 Å². The van der Waals surface area contributed by atoms with Gasteiger partial charge in [0.25, 0.3) is 5.56 Å². The third-order valence-electron chi connectivity index (χ3n) is 3.67. The number of halogens is 1. The van der Waals surface area contributed by atoms with Crippen molar-refractivity contribution in [3.63, 3.8) is 0 Å². The number of fused-ring (bicyclic) bond motifs is 1. The summed E-state index contributed by atoms with van der Waals surface area (Å²) in [5.74, 6) is 0.488. The van der Waals surface area contributed by atoms with Crippen LogP contribution in [-0.4, -0.2) is 27.8 Å². The van der Waals surface area contributed by atoms with Gasteiger partial charge in [0.15, 0.2) is 5.16 Å². The van der Waals surface area contributed by atoms with Gasteiger partial charge in [0.2, 0.25) is 5.91 Å². The lowest BCUT2D eigenvalue weighted by molar-refractivity contribution is -0.119. The summed E-state index contributed by atoms with van der Waals surface area (Å²) >= 11 is 7.24. The van der Waals surface area contributed by atoms with Crippen LogP contribution in [0, 0.1) is 0 Å². The number of hydrogen-bond donors (Lipinski definition) is 1. The molecule has 2 heterocycles. The SMILES string of the molecule is CNC(=O)C(C)Sc1nc2cc(Cl)ccc2c(=O)n1Cc1ccco1. The molecule has 0 aliphatic rings. The molecule has 0 fully saturated rings. The van der Waals surface area contributed by atoms with Crippen molar-refractivity contribution in [3.05, 3.63) is 57.7 Å². The van der Waals surface area contributed by atoms with E-state index in [4.69, 9.17) is 16.0 Å².